The van der Waals surface area contributed by atoms with Crippen molar-refractivity contribution < 1.29 is 27.6 Å². The standard InChI is InChI=1S/C25H25NO2.ClH/c1-17(25(28)18-7-3-2-4-8-18)26-14-13-24(27)20-11-12-23-21(16-20)15-19-9-5-6-10-22(19)23;/h2-12,16-17,25-26,28H,13-15H2,1H3;1H. The second-order valence-electron chi connectivity index (χ2n) is 7.62. The third-order valence-electron chi connectivity index (χ3n) is 5.66. The predicted octanol–water partition coefficient (Wildman–Crippen LogP) is 0.520. The summed E-state index contributed by atoms with van der Waals surface area (Å²) in [5.41, 5.74) is 6.81. The highest BCUT2D eigenvalue weighted by molar-refractivity contribution is 5.97. The van der Waals surface area contributed by atoms with Gasteiger partial charge in [-0.2, -0.15) is 0 Å². The van der Waals surface area contributed by atoms with Gasteiger partial charge in [-0.15, -0.1) is 0 Å². The lowest BCUT2D eigenvalue weighted by Gasteiger charge is -2.17. The van der Waals surface area contributed by atoms with E-state index in [2.05, 4.69) is 41.7 Å². The second kappa shape index (κ2) is 9.36. The molecule has 2 atom stereocenters. The molecule has 0 heterocycles. The van der Waals surface area contributed by atoms with Crippen molar-refractivity contribution >= 4 is 5.78 Å². The number of hydrogen-bond donors (Lipinski definition) is 2. The van der Waals surface area contributed by atoms with Crippen LogP contribution in [0.25, 0.3) is 11.1 Å². The average molecular weight is 408 g/mol. The minimum Gasteiger partial charge on any atom is -1.00 e. The van der Waals surface area contributed by atoms with Gasteiger partial charge in [0.2, 0.25) is 0 Å². The van der Waals surface area contributed by atoms with Gasteiger partial charge in [0.05, 0.1) is 13.0 Å². The summed E-state index contributed by atoms with van der Waals surface area (Å²) in [6.07, 6.45) is 0.839. The Morgan fingerprint density at radius 1 is 0.966 bits per heavy atom. The third kappa shape index (κ3) is 4.59. The van der Waals surface area contributed by atoms with Gasteiger partial charge in [-0.05, 0) is 47.2 Å². The van der Waals surface area contributed by atoms with Crippen molar-refractivity contribution in [2.45, 2.75) is 31.9 Å². The molecule has 0 radical (unpaired) electrons. The van der Waals surface area contributed by atoms with Gasteiger partial charge in [0.1, 0.15) is 12.1 Å². The Morgan fingerprint density at radius 3 is 2.45 bits per heavy atom. The van der Waals surface area contributed by atoms with Crippen molar-refractivity contribution in [2.75, 3.05) is 6.54 Å². The number of hydrogen-bond acceptors (Lipinski definition) is 2. The quantitative estimate of drug-likeness (QED) is 0.439. The minimum absolute atomic E-state index is 0. The molecule has 0 amide bonds. The van der Waals surface area contributed by atoms with Crippen LogP contribution in [0.2, 0.25) is 0 Å². The number of halogens is 1. The van der Waals surface area contributed by atoms with Gasteiger partial charge in [0.25, 0.3) is 0 Å². The molecular weight excluding hydrogens is 382 g/mol. The van der Waals surface area contributed by atoms with Crippen molar-refractivity contribution in [3.05, 3.63) is 95.1 Å². The van der Waals surface area contributed by atoms with Crippen molar-refractivity contribution in [2.24, 2.45) is 0 Å². The van der Waals surface area contributed by atoms with Crippen LogP contribution in [0.4, 0.5) is 0 Å². The zero-order valence-electron chi connectivity index (χ0n) is 16.5. The van der Waals surface area contributed by atoms with Crippen LogP contribution in [0, 0.1) is 0 Å². The van der Waals surface area contributed by atoms with Crippen molar-refractivity contribution in [3.63, 3.8) is 0 Å². The van der Waals surface area contributed by atoms with Crippen LogP contribution in [-0.4, -0.2) is 23.5 Å². The van der Waals surface area contributed by atoms with E-state index >= 15 is 0 Å². The summed E-state index contributed by atoms with van der Waals surface area (Å²) in [6, 6.07) is 24.2. The van der Waals surface area contributed by atoms with Crippen LogP contribution in [0.15, 0.2) is 72.8 Å². The molecule has 4 heteroatoms. The summed E-state index contributed by atoms with van der Waals surface area (Å²) < 4.78 is 0. The number of carbonyl (C=O) groups is 1. The maximum atomic E-state index is 12.7. The molecule has 0 aliphatic heterocycles. The van der Waals surface area contributed by atoms with E-state index in [0.717, 1.165) is 17.5 Å². The number of fused-ring (bicyclic) bond motifs is 3. The largest absolute Gasteiger partial charge is 1.00 e. The molecule has 1 aliphatic rings. The predicted molar refractivity (Wildman–Crippen MR) is 111 cm³/mol. The molecule has 29 heavy (non-hydrogen) atoms. The molecule has 3 aromatic carbocycles. The van der Waals surface area contributed by atoms with E-state index in [1.54, 1.807) is 0 Å². The number of carbonyl (C=O) groups excluding carboxylic acids is 1. The molecule has 0 bridgehead atoms. The fourth-order valence-corrected chi connectivity index (χ4v) is 4.02. The van der Waals surface area contributed by atoms with Crippen LogP contribution in [0.1, 0.15) is 46.5 Å². The van der Waals surface area contributed by atoms with Gasteiger partial charge in [-0.25, -0.2) is 0 Å². The number of aliphatic hydroxyl groups excluding tert-OH is 1. The lowest BCUT2D eigenvalue weighted by Crippen LogP contribution is -3.00. The van der Waals surface area contributed by atoms with Crippen molar-refractivity contribution in [1.82, 2.24) is 0 Å². The number of Topliss-reactive ketones (excluding diaryl/α,β-unsaturated/α-hetero) is 1. The fourth-order valence-electron chi connectivity index (χ4n) is 4.02. The number of rotatable bonds is 7. The summed E-state index contributed by atoms with van der Waals surface area (Å²) in [5.74, 6) is 0.163. The first kappa shape index (κ1) is 21.3. The number of aliphatic hydroxyl groups is 1. The SMILES string of the molecule is CC([NH2+]CCC(=O)c1ccc2c(c1)Cc1ccccc1-2)C(O)c1ccccc1.[Cl-]. The number of quaternary nitrogens is 1. The topological polar surface area (TPSA) is 53.9 Å². The van der Waals surface area contributed by atoms with E-state index < -0.39 is 6.10 Å². The summed E-state index contributed by atoms with van der Waals surface area (Å²) in [5, 5.41) is 12.5. The molecule has 0 saturated carbocycles. The molecule has 4 rings (SSSR count). The zero-order chi connectivity index (χ0) is 19.5. The first-order valence-corrected chi connectivity index (χ1v) is 9.94. The summed E-state index contributed by atoms with van der Waals surface area (Å²) in [4.78, 5) is 12.7. The van der Waals surface area contributed by atoms with Crippen LogP contribution in [0.3, 0.4) is 0 Å². The van der Waals surface area contributed by atoms with E-state index in [9.17, 15) is 9.90 Å². The Balaban J connectivity index is 0.00000240. The Kier molecular flexibility index (Phi) is 6.86. The number of nitrogens with two attached hydrogens (primary N) is 1. The molecule has 3 N–H and O–H groups in total. The minimum atomic E-state index is -0.533. The summed E-state index contributed by atoms with van der Waals surface area (Å²) in [6.45, 7) is 2.66. The average Bonchev–Trinajstić information content (AvgIpc) is 3.11. The van der Waals surface area contributed by atoms with E-state index in [0.29, 0.717) is 13.0 Å². The molecule has 0 spiro atoms. The molecule has 0 fully saturated rings. The molecular formula is C25H26ClNO2. The monoisotopic (exact) mass is 407 g/mol. The van der Waals surface area contributed by atoms with E-state index in [4.69, 9.17) is 0 Å². The molecule has 2 unspecified atom stereocenters. The lowest BCUT2D eigenvalue weighted by atomic mass is 10.00. The first-order valence-electron chi connectivity index (χ1n) is 9.94. The molecule has 0 aromatic heterocycles. The van der Waals surface area contributed by atoms with Crippen molar-refractivity contribution in [1.29, 1.82) is 0 Å². The van der Waals surface area contributed by atoms with Crippen molar-refractivity contribution in [3.8, 4) is 11.1 Å². The highest BCUT2D eigenvalue weighted by atomic mass is 35.5. The Morgan fingerprint density at radius 2 is 1.66 bits per heavy atom. The maximum Gasteiger partial charge on any atom is 0.168 e. The smallest absolute Gasteiger partial charge is 0.168 e. The Hall–Kier alpha value is -2.46. The van der Waals surface area contributed by atoms with E-state index in [1.807, 2.05) is 43.3 Å². The number of ketones is 1. The van der Waals surface area contributed by atoms with Gasteiger partial charge in [0.15, 0.2) is 5.78 Å². The Labute approximate surface area is 178 Å². The van der Waals surface area contributed by atoms with Gasteiger partial charge >= 0.3 is 0 Å². The van der Waals surface area contributed by atoms with Gasteiger partial charge in [-0.3, -0.25) is 4.79 Å². The third-order valence-corrected chi connectivity index (χ3v) is 5.66. The summed E-state index contributed by atoms with van der Waals surface area (Å²) in [7, 11) is 0. The highest BCUT2D eigenvalue weighted by Gasteiger charge is 2.21. The molecule has 150 valence electrons. The van der Waals surface area contributed by atoms with Crippen LogP contribution in [-0.2, 0) is 6.42 Å². The van der Waals surface area contributed by atoms with Gasteiger partial charge in [-0.1, -0.05) is 66.7 Å². The molecule has 1 aliphatic carbocycles. The van der Waals surface area contributed by atoms with Crippen LogP contribution in [0.5, 0.6) is 0 Å². The van der Waals surface area contributed by atoms with E-state index in [-0.39, 0.29) is 24.2 Å². The van der Waals surface area contributed by atoms with Gasteiger partial charge in [0, 0.05) is 5.56 Å². The normalized spacial score (nSPS) is 13.7. The molecule has 3 aromatic rings. The van der Waals surface area contributed by atoms with Gasteiger partial charge < -0.3 is 22.8 Å². The second-order valence-corrected chi connectivity index (χ2v) is 7.62. The first-order chi connectivity index (χ1) is 13.6. The van der Waals surface area contributed by atoms with E-state index in [1.165, 1.54) is 22.3 Å². The highest BCUT2D eigenvalue weighted by Crippen LogP contribution is 2.36. The fraction of sp³-hybridized carbons (Fsp3) is 0.240. The summed E-state index contributed by atoms with van der Waals surface area (Å²) >= 11 is 0. The molecule has 3 nitrogen and oxygen atoms in total. The maximum absolute atomic E-state index is 12.7. The Bertz CT molecular complexity index is 987. The molecule has 0 saturated heterocycles. The zero-order valence-corrected chi connectivity index (χ0v) is 17.3. The lowest BCUT2D eigenvalue weighted by molar-refractivity contribution is -0.693. The van der Waals surface area contributed by atoms with Crippen LogP contribution < -0.4 is 17.7 Å². The number of benzene rings is 3. The van der Waals surface area contributed by atoms with Crippen LogP contribution >= 0.6 is 0 Å².